The van der Waals surface area contributed by atoms with Crippen LogP contribution in [0.25, 0.3) is 0 Å². The Balaban J connectivity index is 1.54. The third-order valence-electron chi connectivity index (χ3n) is 7.26. The Morgan fingerprint density at radius 2 is 1.72 bits per heavy atom. The second kappa shape index (κ2) is 10.1. The standard InChI is InChI=1S/C27H34F2N2O/c1-19-8-11-22(12-9-19)25-18-30(15-21-10-13-26(28)27(29)14-21)16-23(25)17-31(20(2)32)24-6-4-3-5-7-24/h8-14,23-25H,3-7,15-18H2,1-2H3/t23-,25+/m1/s1. The van der Waals surface area contributed by atoms with Crippen LogP contribution in [-0.2, 0) is 11.3 Å². The third-order valence-corrected chi connectivity index (χ3v) is 7.26. The number of benzene rings is 2. The molecule has 0 unspecified atom stereocenters. The third kappa shape index (κ3) is 5.37. The van der Waals surface area contributed by atoms with Gasteiger partial charge in [-0.2, -0.15) is 0 Å². The summed E-state index contributed by atoms with van der Waals surface area (Å²) in [7, 11) is 0. The van der Waals surface area contributed by atoms with Crippen LogP contribution in [0.5, 0.6) is 0 Å². The molecule has 3 nitrogen and oxygen atoms in total. The predicted octanol–water partition coefficient (Wildman–Crippen LogP) is 5.67. The van der Waals surface area contributed by atoms with Crippen LogP contribution in [0, 0.1) is 24.5 Å². The number of carbonyl (C=O) groups excluding carboxylic acids is 1. The molecule has 0 aromatic heterocycles. The molecule has 1 saturated carbocycles. The first-order valence-corrected chi connectivity index (χ1v) is 11.9. The number of carbonyl (C=O) groups is 1. The van der Waals surface area contributed by atoms with Gasteiger partial charge in [-0.3, -0.25) is 9.69 Å². The summed E-state index contributed by atoms with van der Waals surface area (Å²) in [5.74, 6) is -0.817. The van der Waals surface area contributed by atoms with Gasteiger partial charge in [-0.15, -0.1) is 0 Å². The number of likely N-dealkylation sites (tertiary alicyclic amines) is 1. The van der Waals surface area contributed by atoms with Crippen molar-refractivity contribution >= 4 is 5.91 Å². The van der Waals surface area contributed by atoms with Crippen LogP contribution in [0.4, 0.5) is 8.78 Å². The van der Waals surface area contributed by atoms with Crippen LogP contribution in [0.2, 0.25) is 0 Å². The number of rotatable bonds is 6. The predicted molar refractivity (Wildman–Crippen MR) is 123 cm³/mol. The zero-order valence-electron chi connectivity index (χ0n) is 19.2. The normalized spacial score (nSPS) is 22.2. The SMILES string of the molecule is CC(=O)N(C[C@H]1CN(Cc2ccc(F)c(F)c2)C[C@H]1c1ccc(C)cc1)C1CCCCC1. The van der Waals surface area contributed by atoms with E-state index in [0.717, 1.165) is 38.0 Å². The molecule has 2 aliphatic rings. The number of amides is 1. The highest BCUT2D eigenvalue weighted by molar-refractivity contribution is 5.73. The van der Waals surface area contributed by atoms with Gasteiger partial charge in [0.05, 0.1) is 0 Å². The van der Waals surface area contributed by atoms with Gasteiger partial charge in [0.1, 0.15) is 0 Å². The Morgan fingerprint density at radius 1 is 1.00 bits per heavy atom. The van der Waals surface area contributed by atoms with Crippen molar-refractivity contribution in [1.29, 1.82) is 0 Å². The van der Waals surface area contributed by atoms with E-state index in [9.17, 15) is 13.6 Å². The molecular weight excluding hydrogens is 406 g/mol. The lowest BCUT2D eigenvalue weighted by Crippen LogP contribution is -2.44. The largest absolute Gasteiger partial charge is 0.340 e. The number of nitrogens with zero attached hydrogens (tertiary/aromatic N) is 2. The number of hydrogen-bond acceptors (Lipinski definition) is 2. The molecule has 0 bridgehead atoms. The molecule has 0 N–H and O–H groups in total. The van der Waals surface area contributed by atoms with Gasteiger partial charge in [0.2, 0.25) is 5.91 Å². The zero-order valence-corrected chi connectivity index (χ0v) is 19.2. The van der Waals surface area contributed by atoms with Crippen molar-refractivity contribution in [3.63, 3.8) is 0 Å². The fourth-order valence-electron chi connectivity index (χ4n) is 5.54. The lowest BCUT2D eigenvalue weighted by Gasteiger charge is -2.36. The molecule has 5 heteroatoms. The quantitative estimate of drug-likeness (QED) is 0.578. The van der Waals surface area contributed by atoms with Gasteiger partial charge in [0, 0.05) is 45.1 Å². The van der Waals surface area contributed by atoms with Crippen molar-refractivity contribution in [3.05, 3.63) is 70.8 Å². The molecule has 1 amide bonds. The van der Waals surface area contributed by atoms with E-state index < -0.39 is 11.6 Å². The van der Waals surface area contributed by atoms with Crippen molar-refractivity contribution in [2.75, 3.05) is 19.6 Å². The number of hydrogen-bond donors (Lipinski definition) is 0. The van der Waals surface area contributed by atoms with Crippen molar-refractivity contribution in [2.45, 2.75) is 64.5 Å². The Morgan fingerprint density at radius 3 is 2.38 bits per heavy atom. The Hall–Kier alpha value is -2.27. The summed E-state index contributed by atoms with van der Waals surface area (Å²) in [6.07, 6.45) is 5.85. The average molecular weight is 441 g/mol. The van der Waals surface area contributed by atoms with Crippen molar-refractivity contribution in [2.24, 2.45) is 5.92 Å². The topological polar surface area (TPSA) is 23.6 Å². The lowest BCUT2D eigenvalue weighted by molar-refractivity contribution is -0.132. The van der Waals surface area contributed by atoms with E-state index in [1.54, 1.807) is 13.0 Å². The maximum absolute atomic E-state index is 13.7. The summed E-state index contributed by atoms with van der Waals surface area (Å²) in [5, 5.41) is 0. The number of halogens is 2. The minimum atomic E-state index is -0.810. The molecule has 2 aromatic carbocycles. The van der Waals surface area contributed by atoms with Crippen LogP contribution >= 0.6 is 0 Å². The second-order valence-electron chi connectivity index (χ2n) is 9.68. The van der Waals surface area contributed by atoms with Crippen LogP contribution in [0.1, 0.15) is 61.6 Å². The fourth-order valence-corrected chi connectivity index (χ4v) is 5.54. The minimum absolute atomic E-state index is 0.165. The molecule has 2 fully saturated rings. The summed E-state index contributed by atoms with van der Waals surface area (Å²) < 4.78 is 27.1. The Kier molecular flexibility index (Phi) is 7.24. The monoisotopic (exact) mass is 440 g/mol. The van der Waals surface area contributed by atoms with E-state index in [1.165, 1.54) is 42.5 Å². The minimum Gasteiger partial charge on any atom is -0.340 e. The highest BCUT2D eigenvalue weighted by Gasteiger charge is 2.37. The summed E-state index contributed by atoms with van der Waals surface area (Å²) in [6, 6.07) is 13.2. The van der Waals surface area contributed by atoms with Gasteiger partial charge in [-0.25, -0.2) is 8.78 Å². The van der Waals surface area contributed by atoms with Crippen LogP contribution in [0.15, 0.2) is 42.5 Å². The van der Waals surface area contributed by atoms with E-state index in [1.807, 2.05) is 0 Å². The van der Waals surface area contributed by atoms with Crippen molar-refractivity contribution in [1.82, 2.24) is 9.80 Å². The van der Waals surface area contributed by atoms with E-state index in [2.05, 4.69) is 41.0 Å². The maximum atomic E-state index is 13.7. The Bertz CT molecular complexity index is 924. The van der Waals surface area contributed by atoms with E-state index in [0.29, 0.717) is 24.4 Å². The molecule has 0 spiro atoms. The first kappa shape index (κ1) is 22.9. The molecule has 2 atom stereocenters. The van der Waals surface area contributed by atoms with Gasteiger partial charge in [0.15, 0.2) is 11.6 Å². The Labute approximate surface area is 190 Å². The van der Waals surface area contributed by atoms with E-state index >= 15 is 0 Å². The van der Waals surface area contributed by atoms with Gasteiger partial charge < -0.3 is 4.90 Å². The molecule has 1 aliphatic heterocycles. The van der Waals surface area contributed by atoms with Crippen LogP contribution in [-0.4, -0.2) is 41.4 Å². The molecule has 32 heavy (non-hydrogen) atoms. The first-order valence-electron chi connectivity index (χ1n) is 11.9. The average Bonchev–Trinajstić information content (AvgIpc) is 3.17. The van der Waals surface area contributed by atoms with Crippen molar-refractivity contribution in [3.8, 4) is 0 Å². The molecule has 1 saturated heterocycles. The molecule has 2 aromatic rings. The van der Waals surface area contributed by atoms with Crippen LogP contribution in [0.3, 0.4) is 0 Å². The molecule has 0 radical (unpaired) electrons. The first-order chi connectivity index (χ1) is 15.4. The smallest absolute Gasteiger partial charge is 0.219 e. The lowest BCUT2D eigenvalue weighted by atomic mass is 9.87. The molecule has 172 valence electrons. The van der Waals surface area contributed by atoms with Gasteiger partial charge >= 0.3 is 0 Å². The van der Waals surface area contributed by atoms with E-state index in [-0.39, 0.29) is 5.91 Å². The van der Waals surface area contributed by atoms with Gasteiger partial charge in [-0.05, 0) is 48.9 Å². The molecule has 1 aliphatic carbocycles. The van der Waals surface area contributed by atoms with Gasteiger partial charge in [0.25, 0.3) is 0 Å². The summed E-state index contributed by atoms with van der Waals surface area (Å²) >= 11 is 0. The summed E-state index contributed by atoms with van der Waals surface area (Å²) in [5.41, 5.74) is 3.30. The number of aryl methyl sites for hydroxylation is 1. The maximum Gasteiger partial charge on any atom is 0.219 e. The zero-order chi connectivity index (χ0) is 22.7. The fraction of sp³-hybridized carbons (Fsp3) is 0.519. The summed E-state index contributed by atoms with van der Waals surface area (Å²) in [6.45, 7) is 6.82. The second-order valence-corrected chi connectivity index (χ2v) is 9.68. The van der Waals surface area contributed by atoms with Crippen molar-refractivity contribution < 1.29 is 13.6 Å². The van der Waals surface area contributed by atoms with Crippen LogP contribution < -0.4 is 0 Å². The highest BCUT2D eigenvalue weighted by Crippen LogP contribution is 2.36. The highest BCUT2D eigenvalue weighted by atomic mass is 19.2. The van der Waals surface area contributed by atoms with E-state index in [4.69, 9.17) is 0 Å². The summed E-state index contributed by atoms with van der Waals surface area (Å²) in [4.78, 5) is 17.0. The van der Waals surface area contributed by atoms with Gasteiger partial charge in [-0.1, -0.05) is 55.2 Å². The molecular formula is C27H34F2N2O. The molecule has 4 rings (SSSR count). The molecule has 1 heterocycles.